The molecule has 2 amide bonds. The molecular weight excluding hydrogens is 579 g/mol. The number of nitrogens with zero attached hydrogens (tertiary/aromatic N) is 1. The van der Waals surface area contributed by atoms with Crippen LogP contribution in [0.15, 0.2) is 60.7 Å². The van der Waals surface area contributed by atoms with E-state index in [0.29, 0.717) is 65.7 Å². The number of halogens is 3. The van der Waals surface area contributed by atoms with Gasteiger partial charge in [0, 0.05) is 18.0 Å². The predicted molar refractivity (Wildman–Crippen MR) is 164 cm³/mol. The van der Waals surface area contributed by atoms with E-state index in [1.165, 1.54) is 18.2 Å². The molecule has 2 aliphatic rings. The summed E-state index contributed by atoms with van der Waals surface area (Å²) in [7, 11) is 0. The second-order valence-electron chi connectivity index (χ2n) is 12.3. The van der Waals surface area contributed by atoms with Crippen molar-refractivity contribution in [2.75, 3.05) is 0 Å². The summed E-state index contributed by atoms with van der Waals surface area (Å²) in [5.74, 6) is -2.94. The van der Waals surface area contributed by atoms with Crippen LogP contribution in [-0.4, -0.2) is 22.8 Å². The lowest BCUT2D eigenvalue weighted by atomic mass is 9.84. The maximum absolute atomic E-state index is 13.8. The average Bonchev–Trinajstić information content (AvgIpc) is 3.40. The summed E-state index contributed by atoms with van der Waals surface area (Å²) in [6, 6.07) is 15.5. The molecule has 3 N–H and O–H groups in total. The van der Waals surface area contributed by atoms with Crippen molar-refractivity contribution >= 4 is 11.8 Å². The Bertz CT molecular complexity index is 1790. The van der Waals surface area contributed by atoms with Crippen molar-refractivity contribution in [1.82, 2.24) is 10.3 Å². The Morgan fingerprint density at radius 3 is 2.47 bits per heavy atom. The summed E-state index contributed by atoms with van der Waals surface area (Å²) in [5, 5.41) is 3.08. The van der Waals surface area contributed by atoms with Crippen LogP contribution in [0.2, 0.25) is 0 Å². The van der Waals surface area contributed by atoms with Crippen LogP contribution in [0.25, 0.3) is 11.1 Å². The zero-order valence-electron chi connectivity index (χ0n) is 25.1. The molecule has 9 heteroatoms. The third-order valence-electron chi connectivity index (χ3n) is 8.48. The number of rotatable bonds is 9. The molecule has 6 nitrogen and oxygen atoms in total. The van der Waals surface area contributed by atoms with Gasteiger partial charge in [0.2, 0.25) is 0 Å². The van der Waals surface area contributed by atoms with Crippen LogP contribution in [-0.2, 0) is 37.0 Å². The fourth-order valence-corrected chi connectivity index (χ4v) is 6.47. The Hall–Kier alpha value is -4.50. The second-order valence-corrected chi connectivity index (χ2v) is 12.3. The Morgan fingerprint density at radius 2 is 1.76 bits per heavy atom. The van der Waals surface area contributed by atoms with Gasteiger partial charge in [-0.25, -0.2) is 13.2 Å². The summed E-state index contributed by atoms with van der Waals surface area (Å²) in [4.78, 5) is 31.7. The van der Waals surface area contributed by atoms with Gasteiger partial charge < -0.3 is 15.8 Å². The van der Waals surface area contributed by atoms with E-state index >= 15 is 0 Å². The number of hydrogen-bond acceptors (Lipinski definition) is 4. The van der Waals surface area contributed by atoms with Crippen molar-refractivity contribution in [2.24, 2.45) is 11.7 Å². The quantitative estimate of drug-likeness (QED) is 0.224. The SMILES string of the molecule is CC(C)Cc1nc2c(c(-c3ccc4c(c3)CC[C@@H]4OCc3ccc(F)c(F)c3)c1C(N)=O)C(=O)N[C@@H](Cc1ccc(F)cc1)C2. The number of aromatic nitrogens is 1. The summed E-state index contributed by atoms with van der Waals surface area (Å²) in [6.45, 7) is 4.20. The van der Waals surface area contributed by atoms with E-state index in [1.807, 2.05) is 32.0 Å². The smallest absolute Gasteiger partial charge is 0.254 e. The first-order valence-electron chi connectivity index (χ1n) is 15.2. The molecular formula is C36H34F3N3O3. The summed E-state index contributed by atoms with van der Waals surface area (Å²) < 4.78 is 46.6. The number of fused-ring (bicyclic) bond motifs is 2. The summed E-state index contributed by atoms with van der Waals surface area (Å²) >= 11 is 0. The van der Waals surface area contributed by atoms with Crippen molar-refractivity contribution < 1.29 is 27.5 Å². The number of nitrogens with one attached hydrogen (secondary N) is 1. The topological polar surface area (TPSA) is 94.3 Å². The Morgan fingerprint density at radius 1 is 1.00 bits per heavy atom. The van der Waals surface area contributed by atoms with E-state index in [0.717, 1.165) is 28.8 Å². The predicted octanol–water partition coefficient (Wildman–Crippen LogP) is 6.56. The van der Waals surface area contributed by atoms with Gasteiger partial charge >= 0.3 is 0 Å². The molecule has 1 aromatic heterocycles. The molecule has 232 valence electrons. The lowest BCUT2D eigenvalue weighted by Gasteiger charge is -2.29. The molecule has 2 heterocycles. The van der Waals surface area contributed by atoms with Gasteiger partial charge in [-0.15, -0.1) is 0 Å². The maximum Gasteiger partial charge on any atom is 0.254 e. The number of hydrogen-bond donors (Lipinski definition) is 2. The van der Waals surface area contributed by atoms with Gasteiger partial charge in [0.25, 0.3) is 11.8 Å². The largest absolute Gasteiger partial charge is 0.369 e. The number of primary amides is 1. The van der Waals surface area contributed by atoms with E-state index in [9.17, 15) is 22.8 Å². The van der Waals surface area contributed by atoms with Gasteiger partial charge in [-0.1, -0.05) is 50.2 Å². The number of amides is 2. The van der Waals surface area contributed by atoms with E-state index < -0.39 is 17.5 Å². The van der Waals surface area contributed by atoms with Crippen molar-refractivity contribution in [3.05, 3.63) is 123 Å². The third-order valence-corrected chi connectivity index (χ3v) is 8.48. The first-order valence-corrected chi connectivity index (χ1v) is 15.2. The molecule has 2 atom stereocenters. The number of carbonyl (C=O) groups excluding carboxylic acids is 2. The van der Waals surface area contributed by atoms with Gasteiger partial charge in [0.1, 0.15) is 5.82 Å². The summed E-state index contributed by atoms with van der Waals surface area (Å²) in [5.41, 5.74) is 12.3. The fourth-order valence-electron chi connectivity index (χ4n) is 6.47. The monoisotopic (exact) mass is 613 g/mol. The van der Waals surface area contributed by atoms with Crippen LogP contribution in [0.3, 0.4) is 0 Å². The van der Waals surface area contributed by atoms with Gasteiger partial charge in [0.15, 0.2) is 11.6 Å². The standard InChI is InChI=1S/C36H34F3N3O3/c1-19(2)13-29-33(35(40)43)32(34-30(42-29)17-25(41-36(34)44)14-20-3-8-24(37)9-4-20)23-6-10-26-22(16-23)7-12-31(26)45-18-21-5-11-27(38)28(39)15-21/h3-6,8-11,15-16,19,25,31H,7,12-14,17-18H2,1-2H3,(H2,40,43)(H,41,44)/t25-,31-/m0/s1. The second kappa shape index (κ2) is 12.5. The van der Waals surface area contributed by atoms with Crippen LogP contribution < -0.4 is 11.1 Å². The number of benzene rings is 3. The van der Waals surface area contributed by atoms with E-state index in [2.05, 4.69) is 5.32 Å². The molecule has 1 aliphatic carbocycles. The molecule has 0 spiro atoms. The number of pyridine rings is 1. The van der Waals surface area contributed by atoms with Gasteiger partial charge in [-0.05, 0) is 83.7 Å². The molecule has 45 heavy (non-hydrogen) atoms. The summed E-state index contributed by atoms with van der Waals surface area (Å²) in [6.07, 6.45) is 2.62. The first kappa shape index (κ1) is 30.5. The van der Waals surface area contributed by atoms with Crippen LogP contribution >= 0.6 is 0 Å². The van der Waals surface area contributed by atoms with Gasteiger partial charge in [0.05, 0.1) is 35.2 Å². The molecule has 4 aromatic rings. The van der Waals surface area contributed by atoms with E-state index in [-0.39, 0.29) is 42.0 Å². The fraction of sp³-hybridized carbons (Fsp3) is 0.306. The van der Waals surface area contributed by atoms with Crippen LogP contribution in [0, 0.1) is 23.4 Å². The first-order chi connectivity index (χ1) is 21.6. The van der Waals surface area contributed by atoms with Crippen LogP contribution in [0.4, 0.5) is 13.2 Å². The molecule has 0 saturated heterocycles. The Balaban J connectivity index is 1.35. The molecule has 6 rings (SSSR count). The Kier molecular flexibility index (Phi) is 8.46. The molecule has 0 saturated carbocycles. The van der Waals surface area contributed by atoms with Gasteiger partial charge in [-0.2, -0.15) is 0 Å². The molecule has 0 bridgehead atoms. The highest BCUT2D eigenvalue weighted by Gasteiger charge is 2.34. The molecule has 3 aromatic carbocycles. The molecule has 1 aliphatic heterocycles. The van der Waals surface area contributed by atoms with E-state index in [4.69, 9.17) is 15.5 Å². The highest BCUT2D eigenvalue weighted by Crippen LogP contribution is 2.40. The zero-order valence-corrected chi connectivity index (χ0v) is 25.1. The number of ether oxygens (including phenoxy) is 1. The lowest BCUT2D eigenvalue weighted by molar-refractivity contribution is 0.0409. The molecule has 0 unspecified atom stereocenters. The molecule has 0 fully saturated rings. The van der Waals surface area contributed by atoms with Crippen LogP contribution in [0.1, 0.15) is 80.7 Å². The third kappa shape index (κ3) is 6.35. The van der Waals surface area contributed by atoms with E-state index in [1.54, 1.807) is 12.1 Å². The maximum atomic E-state index is 13.8. The average molecular weight is 614 g/mol. The number of carbonyl (C=O) groups is 2. The highest BCUT2D eigenvalue weighted by atomic mass is 19.2. The normalized spacial score (nSPS) is 17.2. The number of nitrogens with two attached hydrogens (primary N) is 1. The van der Waals surface area contributed by atoms with Crippen LogP contribution in [0.5, 0.6) is 0 Å². The number of aryl methyl sites for hydroxylation is 1. The minimum absolute atomic E-state index is 0.130. The van der Waals surface area contributed by atoms with Gasteiger partial charge in [-0.3, -0.25) is 14.6 Å². The minimum atomic E-state index is -0.916. The highest BCUT2D eigenvalue weighted by molar-refractivity contribution is 6.10. The lowest BCUT2D eigenvalue weighted by Crippen LogP contribution is -2.44. The minimum Gasteiger partial charge on any atom is -0.369 e. The van der Waals surface area contributed by atoms with Crippen molar-refractivity contribution in [3.8, 4) is 11.1 Å². The molecule has 0 radical (unpaired) electrons. The van der Waals surface area contributed by atoms with Crippen molar-refractivity contribution in [1.29, 1.82) is 0 Å². The zero-order chi connectivity index (χ0) is 31.8. The Labute approximate surface area is 259 Å². The van der Waals surface area contributed by atoms with Crippen molar-refractivity contribution in [2.45, 2.75) is 64.7 Å². The van der Waals surface area contributed by atoms with Crippen molar-refractivity contribution in [3.63, 3.8) is 0 Å².